The topological polar surface area (TPSA) is 90.2 Å². The number of anilines is 1. The van der Waals surface area contributed by atoms with E-state index in [2.05, 4.69) is 15.3 Å². The zero-order valence-corrected chi connectivity index (χ0v) is 16.9. The molecule has 1 aliphatic rings. The highest BCUT2D eigenvalue weighted by Gasteiger charge is 2.14. The van der Waals surface area contributed by atoms with E-state index in [1.54, 1.807) is 18.5 Å². The van der Waals surface area contributed by atoms with Gasteiger partial charge < -0.3 is 10.1 Å². The summed E-state index contributed by atoms with van der Waals surface area (Å²) in [4.78, 5) is 19.1. The Balaban J connectivity index is 1.36. The fraction of sp³-hybridized carbons (Fsp3) is 0.391. The van der Waals surface area contributed by atoms with E-state index in [0.29, 0.717) is 12.5 Å². The molecular formula is C23H26N4O3. The average Bonchev–Trinajstić information content (AvgIpc) is 2.78. The van der Waals surface area contributed by atoms with E-state index in [0.717, 1.165) is 41.1 Å². The van der Waals surface area contributed by atoms with Gasteiger partial charge in [-0.05, 0) is 42.9 Å². The first-order valence-corrected chi connectivity index (χ1v) is 10.5. The number of non-ortho nitro benzene ring substituents is 1. The zero-order chi connectivity index (χ0) is 20.8. The van der Waals surface area contributed by atoms with E-state index in [4.69, 9.17) is 4.74 Å². The normalized spacial score (nSPS) is 14.5. The first-order chi connectivity index (χ1) is 14.7. The summed E-state index contributed by atoms with van der Waals surface area (Å²) in [6, 6.07) is 12.6. The summed E-state index contributed by atoms with van der Waals surface area (Å²) in [5.41, 5.74) is 1.99. The lowest BCUT2D eigenvalue weighted by Gasteiger charge is -2.21. The van der Waals surface area contributed by atoms with E-state index in [-0.39, 0.29) is 10.6 Å². The van der Waals surface area contributed by atoms with Gasteiger partial charge >= 0.3 is 0 Å². The largest absolute Gasteiger partial charge is 0.493 e. The molecule has 0 radical (unpaired) electrons. The van der Waals surface area contributed by atoms with Crippen LogP contribution >= 0.6 is 0 Å². The van der Waals surface area contributed by atoms with Crippen molar-refractivity contribution >= 4 is 22.4 Å². The van der Waals surface area contributed by atoms with Crippen molar-refractivity contribution in [2.24, 2.45) is 5.92 Å². The predicted octanol–water partition coefficient (Wildman–Crippen LogP) is 5.15. The Bertz CT molecular complexity index is 1000. The van der Waals surface area contributed by atoms with Gasteiger partial charge in [-0.15, -0.1) is 0 Å². The molecule has 1 aliphatic carbocycles. The number of hydrogen-bond donors (Lipinski definition) is 1. The van der Waals surface area contributed by atoms with E-state index in [9.17, 15) is 10.1 Å². The Kier molecular flexibility index (Phi) is 6.37. The molecule has 0 bridgehead atoms. The predicted molar refractivity (Wildman–Crippen MR) is 117 cm³/mol. The van der Waals surface area contributed by atoms with Crippen molar-refractivity contribution < 1.29 is 9.66 Å². The van der Waals surface area contributed by atoms with Crippen molar-refractivity contribution in [1.82, 2.24) is 9.97 Å². The highest BCUT2D eigenvalue weighted by atomic mass is 16.6. The summed E-state index contributed by atoms with van der Waals surface area (Å²) in [6.45, 7) is 1.45. The number of nitrogens with one attached hydrogen (secondary N) is 1. The molecule has 30 heavy (non-hydrogen) atoms. The molecule has 0 amide bonds. The van der Waals surface area contributed by atoms with Gasteiger partial charge in [-0.1, -0.05) is 31.4 Å². The maximum atomic E-state index is 10.8. The first kappa shape index (κ1) is 20.1. The number of nitrogens with zero attached hydrogens (tertiary/aromatic N) is 3. The van der Waals surface area contributed by atoms with Crippen molar-refractivity contribution in [2.45, 2.75) is 38.5 Å². The van der Waals surface area contributed by atoms with Crippen LogP contribution in [0, 0.1) is 16.0 Å². The van der Waals surface area contributed by atoms with Crippen molar-refractivity contribution in [2.75, 3.05) is 18.5 Å². The number of ether oxygens (including phenoxy) is 1. The fourth-order valence-electron chi connectivity index (χ4n) is 3.94. The van der Waals surface area contributed by atoms with Gasteiger partial charge in [0, 0.05) is 30.1 Å². The Labute approximate surface area is 175 Å². The van der Waals surface area contributed by atoms with Crippen LogP contribution < -0.4 is 10.1 Å². The third-order valence-corrected chi connectivity index (χ3v) is 5.67. The van der Waals surface area contributed by atoms with Gasteiger partial charge in [-0.3, -0.25) is 10.1 Å². The minimum absolute atomic E-state index is 0.106. The third-order valence-electron chi connectivity index (χ3n) is 5.67. The minimum Gasteiger partial charge on any atom is -0.493 e. The number of hydrogen-bond acceptors (Lipinski definition) is 6. The van der Waals surface area contributed by atoms with Gasteiger partial charge in [0.25, 0.3) is 5.69 Å². The Morgan fingerprint density at radius 1 is 1.07 bits per heavy atom. The monoisotopic (exact) mass is 406 g/mol. The average molecular weight is 406 g/mol. The fourth-order valence-corrected chi connectivity index (χ4v) is 3.94. The van der Waals surface area contributed by atoms with Crippen LogP contribution in [0.25, 0.3) is 10.9 Å². The van der Waals surface area contributed by atoms with Crippen LogP contribution in [0.1, 0.15) is 37.7 Å². The molecule has 2 aromatic carbocycles. The second-order valence-corrected chi connectivity index (χ2v) is 7.82. The SMILES string of the molecule is O=[N+]([O-])c1ccc(CCNc2ncnc3cc(OCC4CCCCC4)ccc23)cc1. The van der Waals surface area contributed by atoms with Gasteiger partial charge in [0.05, 0.1) is 17.0 Å². The minimum atomic E-state index is -0.387. The Hall–Kier alpha value is -3.22. The molecule has 7 heteroatoms. The van der Waals surface area contributed by atoms with Gasteiger partial charge in [-0.2, -0.15) is 0 Å². The second-order valence-electron chi connectivity index (χ2n) is 7.82. The van der Waals surface area contributed by atoms with E-state index in [1.165, 1.54) is 44.2 Å². The number of benzene rings is 2. The second kappa shape index (κ2) is 9.52. The summed E-state index contributed by atoms with van der Waals surface area (Å²) in [7, 11) is 0. The summed E-state index contributed by atoms with van der Waals surface area (Å²) in [5.74, 6) is 2.29. The smallest absolute Gasteiger partial charge is 0.269 e. The molecule has 4 rings (SSSR count). The summed E-state index contributed by atoms with van der Waals surface area (Å²) >= 11 is 0. The number of nitro groups is 1. The Morgan fingerprint density at radius 2 is 1.87 bits per heavy atom. The van der Waals surface area contributed by atoms with E-state index in [1.807, 2.05) is 18.2 Å². The lowest BCUT2D eigenvalue weighted by molar-refractivity contribution is -0.384. The molecule has 3 aromatic rings. The van der Waals surface area contributed by atoms with Gasteiger partial charge in [0.2, 0.25) is 0 Å². The van der Waals surface area contributed by atoms with Crippen molar-refractivity contribution in [3.63, 3.8) is 0 Å². The molecule has 1 fully saturated rings. The van der Waals surface area contributed by atoms with Crippen molar-refractivity contribution in [1.29, 1.82) is 0 Å². The molecular weight excluding hydrogens is 380 g/mol. The zero-order valence-electron chi connectivity index (χ0n) is 16.9. The van der Waals surface area contributed by atoms with Crippen LogP contribution in [0.3, 0.4) is 0 Å². The van der Waals surface area contributed by atoms with Gasteiger partial charge in [0.1, 0.15) is 17.9 Å². The number of nitro benzene ring substituents is 1. The maximum absolute atomic E-state index is 10.8. The van der Waals surface area contributed by atoms with Crippen LogP contribution in [0.4, 0.5) is 11.5 Å². The molecule has 7 nitrogen and oxygen atoms in total. The molecule has 1 aromatic heterocycles. The van der Waals surface area contributed by atoms with E-state index >= 15 is 0 Å². The molecule has 0 spiro atoms. The molecule has 156 valence electrons. The van der Waals surface area contributed by atoms with Crippen LogP contribution in [-0.2, 0) is 6.42 Å². The van der Waals surface area contributed by atoms with Crippen LogP contribution in [0.2, 0.25) is 0 Å². The quantitative estimate of drug-likeness (QED) is 0.411. The molecule has 0 atom stereocenters. The highest BCUT2D eigenvalue weighted by molar-refractivity contribution is 5.89. The highest BCUT2D eigenvalue weighted by Crippen LogP contribution is 2.27. The summed E-state index contributed by atoms with van der Waals surface area (Å²) in [5, 5.41) is 15.1. The number of aromatic nitrogens is 2. The van der Waals surface area contributed by atoms with Crippen LogP contribution in [0.5, 0.6) is 5.75 Å². The van der Waals surface area contributed by atoms with Crippen LogP contribution in [0.15, 0.2) is 48.8 Å². The summed E-state index contributed by atoms with van der Waals surface area (Å²) in [6.07, 6.45) is 8.80. The number of fused-ring (bicyclic) bond motifs is 1. The molecule has 1 heterocycles. The lowest BCUT2D eigenvalue weighted by Crippen LogP contribution is -2.15. The van der Waals surface area contributed by atoms with Crippen LogP contribution in [-0.4, -0.2) is 28.0 Å². The summed E-state index contributed by atoms with van der Waals surface area (Å²) < 4.78 is 6.03. The first-order valence-electron chi connectivity index (χ1n) is 10.5. The van der Waals surface area contributed by atoms with Crippen molar-refractivity contribution in [3.05, 3.63) is 64.5 Å². The molecule has 1 saturated carbocycles. The third kappa shape index (κ3) is 5.03. The van der Waals surface area contributed by atoms with Gasteiger partial charge in [-0.25, -0.2) is 9.97 Å². The van der Waals surface area contributed by atoms with Crippen molar-refractivity contribution in [3.8, 4) is 5.75 Å². The molecule has 0 aliphatic heterocycles. The number of rotatable bonds is 8. The van der Waals surface area contributed by atoms with E-state index < -0.39 is 0 Å². The standard InChI is InChI=1S/C23H26N4O3/c28-27(29)19-8-6-17(7-9-19)12-13-24-23-21-11-10-20(14-22(21)25-16-26-23)30-15-18-4-2-1-3-5-18/h6-11,14,16,18H,1-5,12-13,15H2,(H,24,25,26). The molecule has 0 unspecified atom stereocenters. The van der Waals surface area contributed by atoms with Gasteiger partial charge in [0.15, 0.2) is 0 Å². The molecule has 1 N–H and O–H groups in total. The lowest BCUT2D eigenvalue weighted by atomic mass is 9.90. The Morgan fingerprint density at radius 3 is 2.63 bits per heavy atom. The molecule has 0 saturated heterocycles. The maximum Gasteiger partial charge on any atom is 0.269 e.